The van der Waals surface area contributed by atoms with E-state index in [-0.39, 0.29) is 43.4 Å². The zero-order valence-corrected chi connectivity index (χ0v) is 30.9. The highest BCUT2D eigenvalue weighted by molar-refractivity contribution is 5.97. The maximum atomic E-state index is 14.1. The third-order valence-corrected chi connectivity index (χ3v) is 8.44. The van der Waals surface area contributed by atoms with Gasteiger partial charge < -0.3 is 47.5 Å². The number of amides is 5. The minimum absolute atomic E-state index is 0.0475. The van der Waals surface area contributed by atoms with E-state index in [1.165, 1.54) is 6.92 Å². The van der Waals surface area contributed by atoms with E-state index in [1.54, 1.807) is 20.0 Å². The van der Waals surface area contributed by atoms with Crippen molar-refractivity contribution in [1.29, 1.82) is 0 Å². The molecular formula is C36H55N7O9. The Balaban J connectivity index is 2.45. The Morgan fingerprint density at radius 2 is 1.15 bits per heavy atom. The van der Waals surface area contributed by atoms with Crippen molar-refractivity contribution in [2.45, 2.75) is 117 Å². The highest BCUT2D eigenvalue weighted by Crippen LogP contribution is 2.20. The molecule has 2 rings (SSSR count). The number of aromatic amines is 1. The molecule has 0 saturated carbocycles. The Hall–Kier alpha value is -4.99. The van der Waals surface area contributed by atoms with E-state index in [0.717, 1.165) is 10.9 Å². The van der Waals surface area contributed by atoms with Crippen LogP contribution in [0.4, 0.5) is 0 Å². The van der Waals surface area contributed by atoms with Crippen molar-refractivity contribution in [3.05, 3.63) is 36.0 Å². The minimum atomic E-state index is -1.34. The Labute approximate surface area is 303 Å². The molecule has 1 aromatic carbocycles. The lowest BCUT2D eigenvalue weighted by Crippen LogP contribution is -2.60. The smallest absolute Gasteiger partial charge is 0.325 e. The van der Waals surface area contributed by atoms with Gasteiger partial charge >= 0.3 is 11.9 Å². The first-order valence-electron chi connectivity index (χ1n) is 17.6. The predicted octanol–water partition coefficient (Wildman–Crippen LogP) is 1.18. The molecule has 0 bridgehead atoms. The van der Waals surface area contributed by atoms with E-state index in [1.807, 2.05) is 52.0 Å². The van der Waals surface area contributed by atoms with Crippen LogP contribution in [0.3, 0.4) is 0 Å². The van der Waals surface area contributed by atoms with Crippen molar-refractivity contribution >= 4 is 52.4 Å². The molecule has 5 amide bonds. The average Bonchev–Trinajstić information content (AvgIpc) is 3.46. The molecule has 1 aromatic heterocycles. The molecule has 288 valence electrons. The number of rotatable bonds is 21. The zero-order valence-electron chi connectivity index (χ0n) is 30.9. The molecule has 1 heterocycles. The van der Waals surface area contributed by atoms with Crippen molar-refractivity contribution in [3.63, 3.8) is 0 Å². The standard InChI is InChI=1S/C36H55N7O9/c1-18(2)14-26(32(47)39-21(7)36(51)52)41-33(48)27(15-19(3)4)42-34(49)28(16-22-17-38-24-11-9-8-10-23(22)24)43-31(46)25(12-13-29(44)45)40-35(50)30(37)20(5)6/h8-11,17-21,25-28,30,38H,12-16,37H2,1-7H3,(H,39,47)(H,40,50)(H,41,48)(H,42,49)(H,43,46)(H,44,45)(H,51,52)/t21-,25-,26-,27-,28-,30-/m0/s1. The monoisotopic (exact) mass is 729 g/mol. The fraction of sp³-hybridized carbons (Fsp3) is 0.583. The third kappa shape index (κ3) is 13.6. The van der Waals surface area contributed by atoms with Gasteiger partial charge in [-0.2, -0.15) is 0 Å². The van der Waals surface area contributed by atoms with Crippen molar-refractivity contribution in [2.24, 2.45) is 23.5 Å². The van der Waals surface area contributed by atoms with E-state index >= 15 is 0 Å². The second kappa shape index (κ2) is 20.2. The maximum Gasteiger partial charge on any atom is 0.325 e. The zero-order chi connectivity index (χ0) is 39.3. The van der Waals surface area contributed by atoms with Crippen LogP contribution in [0, 0.1) is 17.8 Å². The van der Waals surface area contributed by atoms with Gasteiger partial charge in [0.05, 0.1) is 6.04 Å². The topological polar surface area (TPSA) is 262 Å². The molecule has 0 saturated heterocycles. The number of carbonyl (C=O) groups excluding carboxylic acids is 5. The number of aromatic nitrogens is 1. The number of hydrogen-bond acceptors (Lipinski definition) is 8. The molecule has 0 spiro atoms. The molecule has 0 radical (unpaired) electrons. The number of para-hydroxylation sites is 1. The number of carbonyl (C=O) groups is 7. The summed E-state index contributed by atoms with van der Waals surface area (Å²) in [4.78, 5) is 93.3. The number of carboxylic acid groups (broad SMARTS) is 2. The Morgan fingerprint density at radius 3 is 1.67 bits per heavy atom. The minimum Gasteiger partial charge on any atom is -0.481 e. The van der Waals surface area contributed by atoms with Crippen LogP contribution in [0.1, 0.15) is 79.7 Å². The lowest BCUT2D eigenvalue weighted by Gasteiger charge is -2.28. The Bertz CT molecular complexity index is 1570. The number of nitrogens with one attached hydrogen (secondary N) is 6. The number of carboxylic acids is 2. The van der Waals surface area contributed by atoms with Crippen LogP contribution in [0.5, 0.6) is 0 Å². The lowest BCUT2D eigenvalue weighted by atomic mass is 9.98. The maximum absolute atomic E-state index is 14.1. The molecule has 0 fully saturated rings. The summed E-state index contributed by atoms with van der Waals surface area (Å²) in [5.74, 6) is -6.49. The summed E-state index contributed by atoms with van der Waals surface area (Å²) in [6, 6.07) is 0.225. The normalized spacial score (nSPS) is 14.9. The molecule has 10 N–H and O–H groups in total. The molecule has 0 aliphatic carbocycles. The molecule has 0 aliphatic heterocycles. The fourth-order valence-electron chi connectivity index (χ4n) is 5.44. The lowest BCUT2D eigenvalue weighted by molar-refractivity contribution is -0.142. The summed E-state index contributed by atoms with van der Waals surface area (Å²) in [6.45, 7) is 12.1. The SMILES string of the molecule is CC(C)C[C@H](NC(=O)[C@H](CC(C)C)NC(=O)[C@H](Cc1c[nH]c2ccccc12)NC(=O)[C@H](CCC(=O)O)NC(=O)[C@@H](N)C(C)C)C(=O)N[C@@H](C)C(=O)O. The Kier molecular flexibility index (Phi) is 16.7. The Morgan fingerprint density at radius 1 is 0.673 bits per heavy atom. The van der Waals surface area contributed by atoms with Crippen molar-refractivity contribution in [3.8, 4) is 0 Å². The van der Waals surface area contributed by atoms with Crippen LogP contribution in [-0.4, -0.2) is 92.9 Å². The van der Waals surface area contributed by atoms with Gasteiger partial charge in [0.15, 0.2) is 0 Å². The molecular weight excluding hydrogens is 674 g/mol. The molecule has 6 atom stereocenters. The summed E-state index contributed by atoms with van der Waals surface area (Å²) in [5.41, 5.74) is 7.42. The quantitative estimate of drug-likeness (QED) is 0.0886. The van der Waals surface area contributed by atoms with Gasteiger partial charge in [0, 0.05) is 29.9 Å². The summed E-state index contributed by atoms with van der Waals surface area (Å²) < 4.78 is 0. The van der Waals surface area contributed by atoms with Gasteiger partial charge in [-0.25, -0.2) is 0 Å². The first-order chi connectivity index (χ1) is 24.3. The largest absolute Gasteiger partial charge is 0.481 e. The van der Waals surface area contributed by atoms with E-state index in [4.69, 9.17) is 5.73 Å². The van der Waals surface area contributed by atoms with Gasteiger partial charge in [-0.3, -0.25) is 33.6 Å². The first kappa shape index (κ1) is 43.2. The average molecular weight is 730 g/mol. The van der Waals surface area contributed by atoms with Gasteiger partial charge in [-0.1, -0.05) is 59.7 Å². The van der Waals surface area contributed by atoms with E-state index in [0.29, 0.717) is 5.56 Å². The highest BCUT2D eigenvalue weighted by atomic mass is 16.4. The molecule has 0 aliphatic rings. The molecule has 16 nitrogen and oxygen atoms in total. The highest BCUT2D eigenvalue weighted by Gasteiger charge is 2.34. The molecule has 2 aromatic rings. The van der Waals surface area contributed by atoms with Crippen molar-refractivity contribution in [1.82, 2.24) is 31.6 Å². The summed E-state index contributed by atoms with van der Waals surface area (Å²) in [5, 5.41) is 32.4. The van der Waals surface area contributed by atoms with Crippen LogP contribution in [0.2, 0.25) is 0 Å². The van der Waals surface area contributed by atoms with Gasteiger partial charge in [0.1, 0.15) is 30.2 Å². The van der Waals surface area contributed by atoms with E-state index < -0.39 is 84.1 Å². The molecule has 16 heteroatoms. The van der Waals surface area contributed by atoms with Gasteiger partial charge in [-0.15, -0.1) is 0 Å². The van der Waals surface area contributed by atoms with Crippen LogP contribution in [0.25, 0.3) is 10.9 Å². The van der Waals surface area contributed by atoms with Crippen LogP contribution in [0.15, 0.2) is 30.5 Å². The van der Waals surface area contributed by atoms with Crippen molar-refractivity contribution in [2.75, 3.05) is 0 Å². The second-order valence-corrected chi connectivity index (χ2v) is 14.3. The van der Waals surface area contributed by atoms with E-state index in [2.05, 4.69) is 31.6 Å². The van der Waals surface area contributed by atoms with Gasteiger partial charge in [0.25, 0.3) is 0 Å². The van der Waals surface area contributed by atoms with Gasteiger partial charge in [0.2, 0.25) is 29.5 Å². The number of hydrogen-bond donors (Lipinski definition) is 9. The van der Waals surface area contributed by atoms with Crippen molar-refractivity contribution < 1.29 is 43.8 Å². The van der Waals surface area contributed by atoms with Gasteiger partial charge in [-0.05, 0) is 55.6 Å². The number of nitrogens with two attached hydrogens (primary N) is 1. The fourth-order valence-corrected chi connectivity index (χ4v) is 5.44. The molecule has 0 unspecified atom stereocenters. The third-order valence-electron chi connectivity index (χ3n) is 8.44. The first-order valence-corrected chi connectivity index (χ1v) is 17.6. The van der Waals surface area contributed by atoms with Crippen LogP contribution in [-0.2, 0) is 40.0 Å². The summed E-state index contributed by atoms with van der Waals surface area (Å²) in [7, 11) is 0. The number of H-pyrrole nitrogens is 1. The van der Waals surface area contributed by atoms with E-state index in [9.17, 15) is 43.8 Å². The number of benzene rings is 1. The van der Waals surface area contributed by atoms with Crippen LogP contribution >= 0.6 is 0 Å². The second-order valence-electron chi connectivity index (χ2n) is 14.3. The van der Waals surface area contributed by atoms with Crippen LogP contribution < -0.4 is 32.3 Å². The summed E-state index contributed by atoms with van der Waals surface area (Å²) in [6.07, 6.45) is 1.24. The summed E-state index contributed by atoms with van der Waals surface area (Å²) >= 11 is 0. The number of aliphatic carboxylic acids is 2. The number of fused-ring (bicyclic) bond motifs is 1. The molecule has 52 heavy (non-hydrogen) atoms. The predicted molar refractivity (Wildman–Crippen MR) is 194 cm³/mol.